The largest absolute Gasteiger partial charge is 0.299 e. The molecule has 0 spiro atoms. The van der Waals surface area contributed by atoms with Crippen LogP contribution in [-0.2, 0) is 14.8 Å². The Hall–Kier alpha value is -1.96. The maximum absolute atomic E-state index is 12.9. The SMILES string of the molecule is Cc1cc(NS(=O)(=O)CC23CCC(CC2=O)C3(C)C)c([N+](=O)[O-])cc1C. The van der Waals surface area contributed by atoms with E-state index in [1.54, 1.807) is 13.8 Å². The molecule has 1 aromatic rings. The van der Waals surface area contributed by atoms with Crippen molar-refractivity contribution < 1.29 is 18.1 Å². The summed E-state index contributed by atoms with van der Waals surface area (Å²) in [6, 6.07) is 2.84. The number of nitrogens with one attached hydrogen (secondary N) is 1. The molecule has 2 aliphatic carbocycles. The lowest BCUT2D eigenvalue weighted by molar-refractivity contribution is -0.383. The second kappa shape index (κ2) is 5.77. The lowest BCUT2D eigenvalue weighted by atomic mass is 9.70. The number of carbonyl (C=O) groups excluding carboxylic acids is 1. The summed E-state index contributed by atoms with van der Waals surface area (Å²) in [7, 11) is -3.93. The van der Waals surface area contributed by atoms with E-state index in [1.807, 2.05) is 13.8 Å². The fourth-order valence-corrected chi connectivity index (χ4v) is 6.57. The molecule has 0 aliphatic heterocycles. The van der Waals surface area contributed by atoms with Gasteiger partial charge in [-0.15, -0.1) is 0 Å². The number of nitro benzene ring substituents is 1. The molecule has 2 saturated carbocycles. The number of rotatable bonds is 5. The van der Waals surface area contributed by atoms with E-state index in [0.717, 1.165) is 12.0 Å². The van der Waals surface area contributed by atoms with Gasteiger partial charge < -0.3 is 0 Å². The average molecular weight is 380 g/mol. The topological polar surface area (TPSA) is 106 Å². The molecule has 0 saturated heterocycles. The first-order valence-electron chi connectivity index (χ1n) is 8.69. The smallest absolute Gasteiger partial charge is 0.293 e. The molecule has 26 heavy (non-hydrogen) atoms. The summed E-state index contributed by atoms with van der Waals surface area (Å²) < 4.78 is 28.1. The highest BCUT2D eigenvalue weighted by Crippen LogP contribution is 2.64. The van der Waals surface area contributed by atoms with Gasteiger partial charge in [0.2, 0.25) is 10.0 Å². The van der Waals surface area contributed by atoms with Crippen molar-refractivity contribution in [2.75, 3.05) is 10.5 Å². The van der Waals surface area contributed by atoms with Crippen LogP contribution in [0.5, 0.6) is 0 Å². The maximum Gasteiger partial charge on any atom is 0.293 e. The fraction of sp³-hybridized carbons (Fsp3) is 0.611. The van der Waals surface area contributed by atoms with Gasteiger partial charge in [0.1, 0.15) is 11.5 Å². The van der Waals surface area contributed by atoms with Crippen molar-refractivity contribution in [3.8, 4) is 0 Å². The van der Waals surface area contributed by atoms with Crippen molar-refractivity contribution in [3.63, 3.8) is 0 Å². The van der Waals surface area contributed by atoms with Crippen LogP contribution in [0.1, 0.15) is 44.2 Å². The Kier molecular flexibility index (Phi) is 4.18. The third kappa shape index (κ3) is 2.71. The first kappa shape index (κ1) is 18.8. The molecule has 1 N–H and O–H groups in total. The molecule has 3 rings (SSSR count). The molecule has 8 heteroatoms. The highest BCUT2D eigenvalue weighted by atomic mass is 32.2. The second-order valence-electron chi connectivity index (χ2n) is 8.24. The maximum atomic E-state index is 12.9. The molecule has 0 radical (unpaired) electrons. The minimum Gasteiger partial charge on any atom is -0.299 e. The van der Waals surface area contributed by atoms with Crippen molar-refractivity contribution in [1.82, 2.24) is 0 Å². The number of nitro groups is 1. The predicted octanol–water partition coefficient (Wildman–Crippen LogP) is 3.35. The molecular weight excluding hydrogens is 356 g/mol. The van der Waals surface area contributed by atoms with Crippen LogP contribution in [-0.4, -0.2) is 24.9 Å². The number of Topliss-reactive ketones (excluding diaryl/α,β-unsaturated/α-hetero) is 1. The number of hydrogen-bond donors (Lipinski definition) is 1. The molecule has 0 heterocycles. The lowest BCUT2D eigenvalue weighted by Gasteiger charge is -2.36. The van der Waals surface area contributed by atoms with Crippen molar-refractivity contribution in [2.24, 2.45) is 16.7 Å². The predicted molar refractivity (Wildman–Crippen MR) is 98.5 cm³/mol. The van der Waals surface area contributed by atoms with Gasteiger partial charge in [-0.2, -0.15) is 0 Å². The number of aryl methyl sites for hydroxylation is 2. The monoisotopic (exact) mass is 380 g/mol. The van der Waals surface area contributed by atoms with Crippen LogP contribution in [0.4, 0.5) is 11.4 Å². The number of nitrogens with zero attached hydrogens (tertiary/aromatic N) is 1. The van der Waals surface area contributed by atoms with Gasteiger partial charge in [-0.3, -0.25) is 19.6 Å². The van der Waals surface area contributed by atoms with Crippen molar-refractivity contribution >= 4 is 27.2 Å². The van der Waals surface area contributed by atoms with Crippen LogP contribution in [0.25, 0.3) is 0 Å². The summed E-state index contributed by atoms with van der Waals surface area (Å²) in [6.45, 7) is 7.42. The highest BCUT2D eigenvalue weighted by Gasteiger charge is 2.65. The first-order chi connectivity index (χ1) is 11.9. The second-order valence-corrected chi connectivity index (χ2v) is 9.96. The fourth-order valence-electron chi connectivity index (χ4n) is 4.67. The molecule has 0 amide bonds. The molecule has 2 atom stereocenters. The number of carbonyl (C=O) groups is 1. The number of ketones is 1. The molecule has 7 nitrogen and oxygen atoms in total. The van der Waals surface area contributed by atoms with E-state index in [-0.39, 0.29) is 34.2 Å². The Balaban J connectivity index is 1.95. The summed E-state index contributed by atoms with van der Waals surface area (Å²) in [4.78, 5) is 23.3. The van der Waals surface area contributed by atoms with Gasteiger partial charge in [0.05, 0.1) is 16.1 Å². The van der Waals surface area contributed by atoms with Gasteiger partial charge in [0.25, 0.3) is 5.69 Å². The van der Waals surface area contributed by atoms with Crippen LogP contribution >= 0.6 is 0 Å². The Morgan fingerprint density at radius 1 is 1.27 bits per heavy atom. The molecule has 2 aliphatic rings. The standard InChI is InChI=1S/C18H24N2O5S/c1-11-7-14(15(20(22)23)8-12(11)2)19-26(24,25)10-18-6-5-13(9-16(18)21)17(18,3)4/h7-8,13,19H,5-6,9-10H2,1-4H3. The van der Waals surface area contributed by atoms with Gasteiger partial charge in [0, 0.05) is 12.5 Å². The van der Waals surface area contributed by atoms with Crippen LogP contribution in [0.2, 0.25) is 0 Å². The van der Waals surface area contributed by atoms with Crippen LogP contribution in [0.15, 0.2) is 12.1 Å². The summed E-state index contributed by atoms with van der Waals surface area (Å²) >= 11 is 0. The minimum absolute atomic E-state index is 0.00119. The van der Waals surface area contributed by atoms with E-state index >= 15 is 0 Å². The Morgan fingerprint density at radius 2 is 1.88 bits per heavy atom. The van der Waals surface area contributed by atoms with E-state index in [9.17, 15) is 23.3 Å². The third-order valence-electron chi connectivity index (χ3n) is 6.65. The minimum atomic E-state index is -3.93. The average Bonchev–Trinajstić information content (AvgIpc) is 2.83. The van der Waals surface area contributed by atoms with Gasteiger partial charge >= 0.3 is 0 Å². The van der Waals surface area contributed by atoms with Crippen molar-refractivity contribution in [1.29, 1.82) is 0 Å². The molecule has 0 aromatic heterocycles. The van der Waals surface area contributed by atoms with E-state index in [2.05, 4.69) is 4.72 Å². The van der Waals surface area contributed by atoms with Crippen LogP contribution in [0, 0.1) is 40.7 Å². The number of fused-ring (bicyclic) bond motifs is 2. The molecule has 142 valence electrons. The summed E-state index contributed by atoms with van der Waals surface area (Å²) in [5.74, 6) is -0.119. The molecule has 2 fully saturated rings. The van der Waals surface area contributed by atoms with Crippen LogP contribution < -0.4 is 4.72 Å². The van der Waals surface area contributed by atoms with E-state index in [1.165, 1.54) is 12.1 Å². The van der Waals surface area contributed by atoms with Gasteiger partial charge in [0.15, 0.2) is 0 Å². The normalized spacial score (nSPS) is 26.9. The Morgan fingerprint density at radius 3 is 2.38 bits per heavy atom. The van der Waals surface area contributed by atoms with E-state index < -0.39 is 20.4 Å². The quantitative estimate of drug-likeness (QED) is 0.623. The van der Waals surface area contributed by atoms with Crippen molar-refractivity contribution in [3.05, 3.63) is 33.4 Å². The summed E-state index contributed by atoms with van der Waals surface area (Å²) in [6.07, 6.45) is 1.82. The molecule has 1 aromatic carbocycles. The van der Waals surface area contributed by atoms with Gasteiger partial charge in [-0.05, 0) is 55.2 Å². The van der Waals surface area contributed by atoms with Crippen LogP contribution in [0.3, 0.4) is 0 Å². The van der Waals surface area contributed by atoms with E-state index in [0.29, 0.717) is 18.4 Å². The Bertz CT molecular complexity index is 906. The van der Waals surface area contributed by atoms with Gasteiger partial charge in [-0.1, -0.05) is 13.8 Å². The zero-order valence-corrected chi connectivity index (χ0v) is 16.3. The third-order valence-corrected chi connectivity index (χ3v) is 8.05. The van der Waals surface area contributed by atoms with Crippen molar-refractivity contribution in [2.45, 2.75) is 47.0 Å². The number of anilines is 1. The number of benzene rings is 1. The highest BCUT2D eigenvalue weighted by molar-refractivity contribution is 7.92. The Labute approximate surface area is 153 Å². The summed E-state index contributed by atoms with van der Waals surface area (Å²) in [5, 5.41) is 11.3. The number of hydrogen-bond acceptors (Lipinski definition) is 5. The summed E-state index contributed by atoms with van der Waals surface area (Å²) in [5.41, 5.74) is -0.150. The molecular formula is C18H24N2O5S. The molecule has 2 bridgehead atoms. The lowest BCUT2D eigenvalue weighted by Crippen LogP contribution is -2.43. The van der Waals surface area contributed by atoms with Gasteiger partial charge in [-0.25, -0.2) is 8.42 Å². The molecule has 2 unspecified atom stereocenters. The zero-order valence-electron chi connectivity index (χ0n) is 15.5. The van der Waals surface area contributed by atoms with E-state index in [4.69, 9.17) is 0 Å². The first-order valence-corrected chi connectivity index (χ1v) is 10.3. The number of sulfonamides is 1. The zero-order chi connectivity index (χ0) is 19.5.